The fourth-order valence-corrected chi connectivity index (χ4v) is 2.01. The third kappa shape index (κ3) is 2.53. The zero-order valence-corrected chi connectivity index (χ0v) is 10.2. The van der Waals surface area contributed by atoms with E-state index < -0.39 is 0 Å². The molecule has 2 heteroatoms. The molecule has 1 unspecified atom stereocenters. The first-order chi connectivity index (χ1) is 8.36. The Morgan fingerprint density at radius 3 is 2.94 bits per heavy atom. The predicted molar refractivity (Wildman–Crippen MR) is 73.0 cm³/mol. The summed E-state index contributed by atoms with van der Waals surface area (Å²) in [4.78, 5) is 4.38. The molecular weight excluding hydrogens is 208 g/mol. The zero-order chi connectivity index (χ0) is 12.1. The van der Waals surface area contributed by atoms with E-state index in [0.29, 0.717) is 0 Å². The van der Waals surface area contributed by atoms with Crippen molar-refractivity contribution < 1.29 is 0 Å². The predicted octanol–water partition coefficient (Wildman–Crippen LogP) is 3.46. The van der Waals surface area contributed by atoms with E-state index in [9.17, 15) is 0 Å². The van der Waals surface area contributed by atoms with E-state index in [-0.39, 0.29) is 6.04 Å². The van der Waals surface area contributed by atoms with Gasteiger partial charge in [0.1, 0.15) is 0 Å². The number of rotatable bonds is 5. The smallest absolute Gasteiger partial charge is 0.0705 e. The second-order valence-corrected chi connectivity index (χ2v) is 4.08. The van der Waals surface area contributed by atoms with Crippen molar-refractivity contribution in [3.63, 3.8) is 0 Å². The van der Waals surface area contributed by atoms with Crippen molar-refractivity contribution in [3.05, 3.63) is 54.7 Å². The maximum absolute atomic E-state index is 4.38. The molecule has 1 N–H and O–H groups in total. The quantitative estimate of drug-likeness (QED) is 0.790. The van der Waals surface area contributed by atoms with Gasteiger partial charge in [0, 0.05) is 11.6 Å². The Morgan fingerprint density at radius 1 is 1.35 bits per heavy atom. The molecule has 0 aliphatic rings. The first kappa shape index (κ1) is 11.8. The van der Waals surface area contributed by atoms with Crippen LogP contribution >= 0.6 is 0 Å². The van der Waals surface area contributed by atoms with E-state index in [4.69, 9.17) is 0 Å². The lowest BCUT2D eigenvalue weighted by molar-refractivity contribution is 0.616. The minimum Gasteiger partial charge on any atom is -0.307 e. The minimum absolute atomic E-state index is 0.197. The molecule has 0 saturated carbocycles. The summed E-state index contributed by atoms with van der Waals surface area (Å²) < 4.78 is 0. The number of para-hydroxylation sites is 1. The molecule has 17 heavy (non-hydrogen) atoms. The van der Waals surface area contributed by atoms with Crippen molar-refractivity contribution in [2.45, 2.75) is 19.4 Å². The highest BCUT2D eigenvalue weighted by Gasteiger charge is 2.09. The van der Waals surface area contributed by atoms with Gasteiger partial charge in [-0.15, -0.1) is 6.58 Å². The van der Waals surface area contributed by atoms with Gasteiger partial charge in [-0.1, -0.05) is 31.2 Å². The number of aromatic nitrogens is 1. The molecule has 1 heterocycles. The molecule has 0 bridgehead atoms. The highest BCUT2D eigenvalue weighted by molar-refractivity contribution is 5.82. The Morgan fingerprint density at radius 2 is 2.18 bits per heavy atom. The van der Waals surface area contributed by atoms with Crippen LogP contribution in [0.25, 0.3) is 10.9 Å². The minimum atomic E-state index is 0.197. The molecule has 0 radical (unpaired) electrons. The summed E-state index contributed by atoms with van der Waals surface area (Å²) in [6, 6.07) is 10.5. The standard InChI is InChI=1S/C15H18N2/c1-3-10-16-14(4-2)13-9-11-17-15-8-6-5-7-12(13)15/h4-9,11,14,16H,2-3,10H2,1H3. The Hall–Kier alpha value is -1.67. The Kier molecular flexibility index (Phi) is 3.89. The van der Waals surface area contributed by atoms with Gasteiger partial charge in [-0.05, 0) is 30.7 Å². The van der Waals surface area contributed by atoms with Gasteiger partial charge in [0.15, 0.2) is 0 Å². The van der Waals surface area contributed by atoms with Crippen molar-refractivity contribution >= 4 is 10.9 Å². The van der Waals surface area contributed by atoms with Crippen LogP contribution in [0.5, 0.6) is 0 Å². The van der Waals surface area contributed by atoms with Gasteiger partial charge in [0.2, 0.25) is 0 Å². The summed E-state index contributed by atoms with van der Waals surface area (Å²) in [5.41, 5.74) is 2.29. The van der Waals surface area contributed by atoms with Crippen molar-refractivity contribution in [1.82, 2.24) is 10.3 Å². The van der Waals surface area contributed by atoms with E-state index in [0.717, 1.165) is 18.5 Å². The van der Waals surface area contributed by atoms with Crippen molar-refractivity contribution in [3.8, 4) is 0 Å². The zero-order valence-electron chi connectivity index (χ0n) is 10.2. The topological polar surface area (TPSA) is 24.9 Å². The molecule has 0 aliphatic heterocycles. The number of pyridine rings is 1. The molecule has 2 aromatic rings. The molecule has 1 aromatic heterocycles. The first-order valence-electron chi connectivity index (χ1n) is 6.06. The highest BCUT2D eigenvalue weighted by Crippen LogP contribution is 2.23. The van der Waals surface area contributed by atoms with Crippen LogP contribution < -0.4 is 5.32 Å². The average Bonchev–Trinajstić information content (AvgIpc) is 2.40. The monoisotopic (exact) mass is 226 g/mol. The SMILES string of the molecule is C=CC(NCCC)c1ccnc2ccccc12. The number of hydrogen-bond acceptors (Lipinski definition) is 2. The summed E-state index contributed by atoms with van der Waals surface area (Å²) in [6.45, 7) is 7.07. The van der Waals surface area contributed by atoms with Crippen LogP contribution in [0.4, 0.5) is 0 Å². The van der Waals surface area contributed by atoms with Gasteiger partial charge in [0.05, 0.1) is 11.6 Å². The maximum Gasteiger partial charge on any atom is 0.0705 e. The lowest BCUT2D eigenvalue weighted by atomic mass is 10.0. The Bertz CT molecular complexity index is 500. The average molecular weight is 226 g/mol. The normalized spacial score (nSPS) is 12.5. The fraction of sp³-hybridized carbons (Fsp3) is 0.267. The van der Waals surface area contributed by atoms with Gasteiger partial charge < -0.3 is 5.32 Å². The molecule has 2 rings (SSSR count). The van der Waals surface area contributed by atoms with E-state index >= 15 is 0 Å². The van der Waals surface area contributed by atoms with Gasteiger partial charge in [0.25, 0.3) is 0 Å². The summed E-state index contributed by atoms with van der Waals surface area (Å²) in [7, 11) is 0. The van der Waals surface area contributed by atoms with Gasteiger partial charge in [-0.2, -0.15) is 0 Å². The van der Waals surface area contributed by atoms with E-state index in [1.807, 2.05) is 30.5 Å². The van der Waals surface area contributed by atoms with Crippen LogP contribution in [0, 0.1) is 0 Å². The second kappa shape index (κ2) is 5.60. The van der Waals surface area contributed by atoms with Crippen LogP contribution in [0.3, 0.4) is 0 Å². The third-order valence-corrected chi connectivity index (χ3v) is 2.87. The Balaban J connectivity index is 2.42. The lowest BCUT2D eigenvalue weighted by Gasteiger charge is -2.16. The second-order valence-electron chi connectivity index (χ2n) is 4.08. The van der Waals surface area contributed by atoms with Crippen molar-refractivity contribution in [2.75, 3.05) is 6.54 Å². The van der Waals surface area contributed by atoms with Crippen molar-refractivity contribution in [1.29, 1.82) is 0 Å². The van der Waals surface area contributed by atoms with E-state index in [1.165, 1.54) is 10.9 Å². The van der Waals surface area contributed by atoms with Gasteiger partial charge in [-0.3, -0.25) is 4.98 Å². The van der Waals surface area contributed by atoms with Crippen LogP contribution in [-0.4, -0.2) is 11.5 Å². The molecular formula is C15H18N2. The van der Waals surface area contributed by atoms with Gasteiger partial charge in [-0.25, -0.2) is 0 Å². The number of benzene rings is 1. The molecule has 2 nitrogen and oxygen atoms in total. The van der Waals surface area contributed by atoms with Gasteiger partial charge >= 0.3 is 0 Å². The largest absolute Gasteiger partial charge is 0.307 e. The summed E-state index contributed by atoms with van der Waals surface area (Å²) in [5.74, 6) is 0. The number of nitrogens with one attached hydrogen (secondary N) is 1. The molecule has 0 spiro atoms. The molecule has 0 fully saturated rings. The summed E-state index contributed by atoms with van der Waals surface area (Å²) in [5, 5.41) is 4.68. The molecule has 1 atom stereocenters. The maximum atomic E-state index is 4.38. The molecule has 0 saturated heterocycles. The Labute approximate surface area is 102 Å². The van der Waals surface area contributed by atoms with Crippen molar-refractivity contribution in [2.24, 2.45) is 0 Å². The van der Waals surface area contributed by atoms with E-state index in [1.54, 1.807) is 0 Å². The molecule has 0 amide bonds. The third-order valence-electron chi connectivity index (χ3n) is 2.87. The summed E-state index contributed by atoms with van der Waals surface area (Å²) >= 11 is 0. The fourth-order valence-electron chi connectivity index (χ4n) is 2.01. The lowest BCUT2D eigenvalue weighted by Crippen LogP contribution is -2.20. The molecule has 0 aliphatic carbocycles. The van der Waals surface area contributed by atoms with E-state index in [2.05, 4.69) is 35.9 Å². The van der Waals surface area contributed by atoms with Crippen LogP contribution in [0.15, 0.2) is 49.2 Å². The molecule has 88 valence electrons. The van der Waals surface area contributed by atoms with Crippen LogP contribution in [0.2, 0.25) is 0 Å². The number of hydrogen-bond donors (Lipinski definition) is 1. The van der Waals surface area contributed by atoms with Crippen LogP contribution in [-0.2, 0) is 0 Å². The summed E-state index contributed by atoms with van der Waals surface area (Å²) in [6.07, 6.45) is 4.94. The number of nitrogens with zero attached hydrogens (tertiary/aromatic N) is 1. The van der Waals surface area contributed by atoms with Crippen LogP contribution in [0.1, 0.15) is 24.9 Å². The number of fused-ring (bicyclic) bond motifs is 1. The molecule has 1 aromatic carbocycles. The first-order valence-corrected chi connectivity index (χ1v) is 6.06. The highest BCUT2D eigenvalue weighted by atomic mass is 14.9.